The Bertz CT molecular complexity index is 517. The molecule has 0 aromatic heterocycles. The Labute approximate surface area is 125 Å². The molecule has 1 N–H and O–H groups in total. The summed E-state index contributed by atoms with van der Waals surface area (Å²) in [4.78, 5) is 22.0. The van der Waals surface area contributed by atoms with Crippen LogP contribution in [0, 0.1) is 0 Å². The van der Waals surface area contributed by atoms with Crippen molar-refractivity contribution in [1.29, 1.82) is 0 Å². The van der Waals surface area contributed by atoms with Gasteiger partial charge in [-0.1, -0.05) is 15.9 Å². The van der Waals surface area contributed by atoms with Gasteiger partial charge >= 0.3 is 5.97 Å². The van der Waals surface area contributed by atoms with E-state index in [4.69, 9.17) is 9.47 Å². The van der Waals surface area contributed by atoms with E-state index in [2.05, 4.69) is 26.5 Å². The Balaban J connectivity index is 2.76. The molecule has 0 saturated heterocycles. The smallest absolute Gasteiger partial charge is 0.344 e. The van der Waals surface area contributed by atoms with E-state index in [1.165, 1.54) is 13.1 Å². The number of rotatable bonds is 6. The number of nitrogens with one attached hydrogen (secondary N) is 1. The number of halogens is 1. The average molecular weight is 343 g/mol. The molecule has 108 valence electrons. The van der Waals surface area contributed by atoms with Crippen LogP contribution in [0.5, 0.6) is 5.75 Å². The van der Waals surface area contributed by atoms with Crippen molar-refractivity contribution in [2.75, 3.05) is 13.2 Å². The highest BCUT2D eigenvalue weighted by atomic mass is 79.9. The van der Waals surface area contributed by atoms with Crippen LogP contribution in [0.4, 0.5) is 0 Å². The van der Waals surface area contributed by atoms with Gasteiger partial charge in [0, 0.05) is 17.0 Å². The number of carbonyl (C=O) groups excluding carboxylic acids is 2. The number of carbonyl (C=O) groups is 2. The molecule has 1 amide bonds. The first-order valence-corrected chi connectivity index (χ1v) is 6.70. The second-order valence-electron chi connectivity index (χ2n) is 3.70. The van der Waals surface area contributed by atoms with Crippen LogP contribution in [0.15, 0.2) is 27.8 Å². The Morgan fingerprint density at radius 2 is 2.20 bits per heavy atom. The summed E-state index contributed by atoms with van der Waals surface area (Å²) in [6.07, 6.45) is 1.44. The quantitative estimate of drug-likeness (QED) is 0.486. The predicted octanol–water partition coefficient (Wildman–Crippen LogP) is 1.86. The molecular formula is C13H15BrN2O4. The first kappa shape index (κ1) is 16.2. The monoisotopic (exact) mass is 342 g/mol. The molecule has 0 heterocycles. The van der Waals surface area contributed by atoms with Gasteiger partial charge in [-0.15, -0.1) is 0 Å². The van der Waals surface area contributed by atoms with Gasteiger partial charge in [-0.3, -0.25) is 4.79 Å². The van der Waals surface area contributed by atoms with Crippen LogP contribution in [-0.4, -0.2) is 31.3 Å². The number of esters is 1. The van der Waals surface area contributed by atoms with E-state index >= 15 is 0 Å². The van der Waals surface area contributed by atoms with Crippen molar-refractivity contribution in [1.82, 2.24) is 5.43 Å². The van der Waals surface area contributed by atoms with Gasteiger partial charge < -0.3 is 9.47 Å². The summed E-state index contributed by atoms with van der Waals surface area (Å²) in [6.45, 7) is 3.20. The van der Waals surface area contributed by atoms with Crippen LogP contribution < -0.4 is 10.2 Å². The topological polar surface area (TPSA) is 77.0 Å². The summed E-state index contributed by atoms with van der Waals surface area (Å²) in [7, 11) is 0. The number of amides is 1. The van der Waals surface area contributed by atoms with Crippen molar-refractivity contribution in [3.63, 3.8) is 0 Å². The second-order valence-corrected chi connectivity index (χ2v) is 4.62. The van der Waals surface area contributed by atoms with Crippen molar-refractivity contribution in [3.05, 3.63) is 28.2 Å². The molecule has 0 fully saturated rings. The molecule has 0 aliphatic rings. The minimum atomic E-state index is -0.444. The highest BCUT2D eigenvalue weighted by Crippen LogP contribution is 2.21. The third-order valence-electron chi connectivity index (χ3n) is 2.05. The molecular weight excluding hydrogens is 328 g/mol. The van der Waals surface area contributed by atoms with Gasteiger partial charge in [-0.05, 0) is 25.1 Å². The van der Waals surface area contributed by atoms with Crippen LogP contribution in [-0.2, 0) is 14.3 Å². The largest absolute Gasteiger partial charge is 0.481 e. The van der Waals surface area contributed by atoms with Gasteiger partial charge in [0.05, 0.1) is 12.8 Å². The maximum atomic E-state index is 11.3. The predicted molar refractivity (Wildman–Crippen MR) is 77.7 cm³/mol. The lowest BCUT2D eigenvalue weighted by molar-refractivity contribution is -0.145. The maximum Gasteiger partial charge on any atom is 0.344 e. The Hall–Kier alpha value is -1.89. The third kappa shape index (κ3) is 5.83. The lowest BCUT2D eigenvalue weighted by Gasteiger charge is -2.08. The zero-order chi connectivity index (χ0) is 15.0. The van der Waals surface area contributed by atoms with Gasteiger partial charge in [0.15, 0.2) is 6.61 Å². The van der Waals surface area contributed by atoms with Crippen LogP contribution in [0.3, 0.4) is 0 Å². The zero-order valence-electron chi connectivity index (χ0n) is 11.2. The lowest BCUT2D eigenvalue weighted by Crippen LogP contribution is -2.15. The minimum Gasteiger partial charge on any atom is -0.481 e. The SMILES string of the molecule is CCOC(=O)COc1ccc(Br)cc1C=NNC(C)=O. The summed E-state index contributed by atoms with van der Waals surface area (Å²) >= 11 is 3.33. The van der Waals surface area contributed by atoms with Gasteiger partial charge in [0.2, 0.25) is 5.91 Å². The molecule has 0 aliphatic heterocycles. The second kappa shape index (κ2) is 8.31. The Morgan fingerprint density at radius 3 is 2.85 bits per heavy atom. The summed E-state index contributed by atoms with van der Waals surface area (Å²) in [5.41, 5.74) is 2.92. The van der Waals surface area contributed by atoms with Gasteiger partial charge in [-0.25, -0.2) is 10.2 Å². The van der Waals surface area contributed by atoms with E-state index in [1.807, 2.05) is 0 Å². The molecule has 0 saturated carbocycles. The lowest BCUT2D eigenvalue weighted by atomic mass is 10.2. The van der Waals surface area contributed by atoms with Crippen molar-refractivity contribution < 1.29 is 19.1 Å². The molecule has 0 atom stereocenters. The van der Waals surface area contributed by atoms with E-state index in [1.54, 1.807) is 25.1 Å². The van der Waals surface area contributed by atoms with Crippen molar-refractivity contribution >= 4 is 34.0 Å². The summed E-state index contributed by atoms with van der Waals surface area (Å²) < 4.78 is 11.0. The van der Waals surface area contributed by atoms with E-state index in [9.17, 15) is 9.59 Å². The summed E-state index contributed by atoms with van der Waals surface area (Å²) in [6, 6.07) is 5.22. The maximum absolute atomic E-state index is 11.3. The van der Waals surface area contributed by atoms with Gasteiger partial charge in [0.1, 0.15) is 5.75 Å². The fraction of sp³-hybridized carbons (Fsp3) is 0.308. The standard InChI is InChI=1S/C13H15BrN2O4/c1-3-19-13(18)8-20-12-5-4-11(14)6-10(12)7-15-16-9(2)17/h4-7H,3,8H2,1-2H3,(H,16,17). The number of hydrazone groups is 1. The highest BCUT2D eigenvalue weighted by molar-refractivity contribution is 9.10. The number of ether oxygens (including phenoxy) is 2. The molecule has 1 aromatic carbocycles. The van der Waals surface area contributed by atoms with Crippen LogP contribution >= 0.6 is 15.9 Å². The summed E-state index contributed by atoms with van der Waals surface area (Å²) in [5.74, 6) is -0.249. The van der Waals surface area contributed by atoms with Gasteiger partial charge in [0.25, 0.3) is 0 Å². The molecule has 1 aromatic rings. The molecule has 1 rings (SSSR count). The normalized spacial score (nSPS) is 10.3. The molecule has 6 nitrogen and oxygen atoms in total. The number of benzene rings is 1. The van der Waals surface area contributed by atoms with E-state index in [0.717, 1.165) is 4.47 Å². The first-order valence-electron chi connectivity index (χ1n) is 5.90. The van der Waals surface area contributed by atoms with Crippen LogP contribution in [0.1, 0.15) is 19.4 Å². The molecule has 20 heavy (non-hydrogen) atoms. The molecule has 0 spiro atoms. The Morgan fingerprint density at radius 1 is 1.45 bits per heavy atom. The highest BCUT2D eigenvalue weighted by Gasteiger charge is 2.07. The summed E-state index contributed by atoms with van der Waals surface area (Å²) in [5, 5.41) is 3.76. The van der Waals surface area contributed by atoms with Crippen LogP contribution in [0.2, 0.25) is 0 Å². The fourth-order valence-corrected chi connectivity index (χ4v) is 1.66. The first-order chi connectivity index (χ1) is 9.52. The van der Waals surface area contributed by atoms with Crippen molar-refractivity contribution in [2.24, 2.45) is 5.10 Å². The number of hydrogen-bond acceptors (Lipinski definition) is 5. The molecule has 0 radical (unpaired) electrons. The molecule has 0 bridgehead atoms. The Kier molecular flexibility index (Phi) is 6.72. The van der Waals surface area contributed by atoms with Crippen molar-refractivity contribution in [3.8, 4) is 5.75 Å². The van der Waals surface area contributed by atoms with E-state index < -0.39 is 5.97 Å². The minimum absolute atomic E-state index is 0.184. The molecule has 7 heteroatoms. The number of nitrogens with zero attached hydrogens (tertiary/aromatic N) is 1. The van der Waals surface area contributed by atoms with Crippen LogP contribution in [0.25, 0.3) is 0 Å². The van der Waals surface area contributed by atoms with E-state index in [-0.39, 0.29) is 12.5 Å². The number of hydrogen-bond donors (Lipinski definition) is 1. The fourth-order valence-electron chi connectivity index (χ4n) is 1.28. The zero-order valence-corrected chi connectivity index (χ0v) is 12.8. The molecule has 0 unspecified atom stereocenters. The molecule has 0 aliphatic carbocycles. The van der Waals surface area contributed by atoms with Crippen molar-refractivity contribution in [2.45, 2.75) is 13.8 Å². The van der Waals surface area contributed by atoms with E-state index in [0.29, 0.717) is 17.9 Å². The average Bonchev–Trinajstić information content (AvgIpc) is 2.37. The van der Waals surface area contributed by atoms with Gasteiger partial charge in [-0.2, -0.15) is 5.10 Å². The third-order valence-corrected chi connectivity index (χ3v) is 2.54.